The van der Waals surface area contributed by atoms with Gasteiger partial charge in [0.2, 0.25) is 5.75 Å². The van der Waals surface area contributed by atoms with Gasteiger partial charge in [-0.3, -0.25) is 4.79 Å². The minimum atomic E-state index is -0.296. The predicted octanol–water partition coefficient (Wildman–Crippen LogP) is 3.42. The molecular weight excluding hydrogens is 368 g/mol. The van der Waals surface area contributed by atoms with Gasteiger partial charge in [-0.25, -0.2) is 0 Å². The van der Waals surface area contributed by atoms with E-state index in [1.54, 1.807) is 23.9 Å². The molecule has 0 bridgehead atoms. The molecule has 0 aliphatic heterocycles. The quantitative estimate of drug-likeness (QED) is 0.402. The maximum absolute atomic E-state index is 11.9. The van der Waals surface area contributed by atoms with E-state index in [-0.39, 0.29) is 12.5 Å². The number of carbonyl (C=O) groups is 1. The Hall–Kier alpha value is -2.87. The second-order valence-corrected chi connectivity index (χ2v) is 6.13. The molecule has 8 heteroatoms. The summed E-state index contributed by atoms with van der Waals surface area (Å²) in [6.07, 6.45) is 3.44. The summed E-state index contributed by atoms with van der Waals surface area (Å²) in [6.45, 7) is -0.204. The molecular formula is C19H22N2O5S. The van der Waals surface area contributed by atoms with Crippen LogP contribution in [0.2, 0.25) is 0 Å². The molecule has 2 rings (SSSR count). The molecule has 0 unspecified atom stereocenters. The highest BCUT2D eigenvalue weighted by Gasteiger charge is 2.12. The summed E-state index contributed by atoms with van der Waals surface area (Å²) in [5, 5.41) is 6.58. The van der Waals surface area contributed by atoms with Gasteiger partial charge >= 0.3 is 0 Å². The molecule has 0 fully saturated rings. The fourth-order valence-corrected chi connectivity index (χ4v) is 2.73. The summed E-state index contributed by atoms with van der Waals surface area (Å²) in [7, 11) is 4.60. The summed E-state index contributed by atoms with van der Waals surface area (Å²) in [5.41, 5.74) is 1.39. The molecule has 144 valence electrons. The summed E-state index contributed by atoms with van der Waals surface area (Å²) in [4.78, 5) is 18.1. The van der Waals surface area contributed by atoms with Crippen LogP contribution in [0.4, 0.5) is 5.69 Å². The maximum atomic E-state index is 11.9. The first-order valence-corrected chi connectivity index (χ1v) is 9.23. The van der Waals surface area contributed by atoms with Crippen molar-refractivity contribution in [2.75, 3.05) is 39.5 Å². The standard InChI is InChI=1S/C19H22N2O5S/c1-23-16-8-13(9-17(24-2)19(16)25-3)11-20-26-12-18(22)21-14-6-5-7-15(10-14)27-4/h5-11H,12H2,1-4H3,(H,21,22)/b20-11-. The van der Waals surface area contributed by atoms with Crippen molar-refractivity contribution in [3.63, 3.8) is 0 Å². The predicted molar refractivity (Wildman–Crippen MR) is 106 cm³/mol. The van der Waals surface area contributed by atoms with E-state index < -0.39 is 0 Å². The van der Waals surface area contributed by atoms with Crippen molar-refractivity contribution in [1.29, 1.82) is 0 Å². The van der Waals surface area contributed by atoms with E-state index in [1.807, 2.05) is 30.5 Å². The number of methoxy groups -OCH3 is 3. The van der Waals surface area contributed by atoms with Crippen molar-refractivity contribution in [3.8, 4) is 17.2 Å². The first-order valence-electron chi connectivity index (χ1n) is 8.00. The number of hydrogen-bond donors (Lipinski definition) is 1. The number of thioether (sulfide) groups is 1. The van der Waals surface area contributed by atoms with E-state index in [4.69, 9.17) is 19.0 Å². The van der Waals surface area contributed by atoms with E-state index in [0.717, 1.165) is 4.90 Å². The number of ether oxygens (including phenoxy) is 3. The van der Waals surface area contributed by atoms with Gasteiger partial charge in [0.05, 0.1) is 27.5 Å². The van der Waals surface area contributed by atoms with Crippen molar-refractivity contribution in [1.82, 2.24) is 0 Å². The van der Waals surface area contributed by atoms with Crippen LogP contribution < -0.4 is 19.5 Å². The molecule has 0 saturated heterocycles. The Balaban J connectivity index is 1.94. The molecule has 0 aliphatic rings. The topological polar surface area (TPSA) is 78.4 Å². The van der Waals surface area contributed by atoms with Crippen LogP contribution in [0.25, 0.3) is 0 Å². The lowest BCUT2D eigenvalue weighted by atomic mass is 10.2. The molecule has 0 atom stereocenters. The first-order chi connectivity index (χ1) is 13.1. The van der Waals surface area contributed by atoms with Crippen LogP contribution in [0.15, 0.2) is 46.4 Å². The highest BCUT2D eigenvalue weighted by atomic mass is 32.2. The number of nitrogens with zero attached hydrogens (tertiary/aromatic N) is 1. The van der Waals surface area contributed by atoms with Gasteiger partial charge in [0.15, 0.2) is 18.1 Å². The smallest absolute Gasteiger partial charge is 0.265 e. The summed E-state index contributed by atoms with van der Waals surface area (Å²) >= 11 is 1.60. The highest BCUT2D eigenvalue weighted by molar-refractivity contribution is 7.98. The van der Waals surface area contributed by atoms with Crippen LogP contribution in [0.1, 0.15) is 5.56 Å². The molecule has 0 radical (unpaired) electrons. The van der Waals surface area contributed by atoms with Crippen LogP contribution in [0.3, 0.4) is 0 Å². The van der Waals surface area contributed by atoms with Crippen molar-refractivity contribution >= 4 is 29.6 Å². The van der Waals surface area contributed by atoms with Gasteiger partial charge < -0.3 is 24.4 Å². The number of oxime groups is 1. The zero-order valence-corrected chi connectivity index (χ0v) is 16.5. The minimum absolute atomic E-state index is 0.204. The molecule has 0 heterocycles. The third kappa shape index (κ3) is 5.82. The zero-order chi connectivity index (χ0) is 19.6. The van der Waals surface area contributed by atoms with Crippen LogP contribution in [-0.4, -0.2) is 46.3 Å². The van der Waals surface area contributed by atoms with Gasteiger partial charge in [-0.05, 0) is 36.6 Å². The van der Waals surface area contributed by atoms with Crippen molar-refractivity contribution < 1.29 is 23.8 Å². The number of nitrogens with one attached hydrogen (secondary N) is 1. The Bertz CT molecular complexity index is 785. The normalized spacial score (nSPS) is 10.5. The molecule has 2 aromatic carbocycles. The van der Waals surface area contributed by atoms with Gasteiger partial charge in [-0.1, -0.05) is 11.2 Å². The number of benzene rings is 2. The second kappa shape index (κ2) is 10.3. The van der Waals surface area contributed by atoms with E-state index in [2.05, 4.69) is 10.5 Å². The summed E-state index contributed by atoms with van der Waals surface area (Å²) < 4.78 is 15.8. The molecule has 0 aliphatic carbocycles. The fraction of sp³-hybridized carbons (Fsp3) is 0.263. The van der Waals surface area contributed by atoms with Crippen LogP contribution >= 0.6 is 11.8 Å². The number of rotatable bonds is 9. The Morgan fingerprint density at radius 2 is 1.81 bits per heavy atom. The van der Waals surface area contributed by atoms with E-state index in [1.165, 1.54) is 27.5 Å². The van der Waals surface area contributed by atoms with Crippen LogP contribution in [0, 0.1) is 0 Å². The molecule has 27 heavy (non-hydrogen) atoms. The third-order valence-electron chi connectivity index (χ3n) is 3.51. The lowest BCUT2D eigenvalue weighted by Gasteiger charge is -2.12. The average molecular weight is 390 g/mol. The van der Waals surface area contributed by atoms with Gasteiger partial charge in [0.1, 0.15) is 0 Å². The molecule has 0 saturated carbocycles. The van der Waals surface area contributed by atoms with E-state index in [0.29, 0.717) is 28.5 Å². The minimum Gasteiger partial charge on any atom is -0.493 e. The van der Waals surface area contributed by atoms with Crippen LogP contribution in [0.5, 0.6) is 17.2 Å². The SMILES string of the molecule is COc1cc(/C=N\OCC(=O)Nc2cccc(SC)c2)cc(OC)c1OC. The molecule has 1 N–H and O–H groups in total. The Labute approximate surface area is 162 Å². The molecule has 1 amide bonds. The van der Waals surface area contributed by atoms with Gasteiger partial charge in [0.25, 0.3) is 5.91 Å². The molecule has 7 nitrogen and oxygen atoms in total. The molecule has 0 spiro atoms. The average Bonchev–Trinajstić information content (AvgIpc) is 2.70. The van der Waals surface area contributed by atoms with Crippen molar-refractivity contribution in [2.24, 2.45) is 5.16 Å². The van der Waals surface area contributed by atoms with Crippen LogP contribution in [-0.2, 0) is 9.63 Å². The van der Waals surface area contributed by atoms with Crippen molar-refractivity contribution in [2.45, 2.75) is 4.90 Å². The van der Waals surface area contributed by atoms with Gasteiger partial charge in [-0.2, -0.15) is 0 Å². The second-order valence-electron chi connectivity index (χ2n) is 5.25. The summed E-state index contributed by atoms with van der Waals surface area (Å²) in [5.74, 6) is 1.20. The summed E-state index contributed by atoms with van der Waals surface area (Å²) in [6, 6.07) is 11.0. The Morgan fingerprint density at radius 1 is 1.11 bits per heavy atom. The maximum Gasteiger partial charge on any atom is 0.265 e. The first kappa shape index (κ1) is 20.4. The lowest BCUT2D eigenvalue weighted by molar-refractivity contribution is -0.120. The number of hydrogen-bond acceptors (Lipinski definition) is 7. The molecule has 2 aromatic rings. The van der Waals surface area contributed by atoms with Crippen molar-refractivity contribution in [3.05, 3.63) is 42.0 Å². The van der Waals surface area contributed by atoms with Gasteiger partial charge in [0, 0.05) is 16.1 Å². The van der Waals surface area contributed by atoms with E-state index in [9.17, 15) is 4.79 Å². The third-order valence-corrected chi connectivity index (χ3v) is 4.24. The van der Waals surface area contributed by atoms with Gasteiger partial charge in [-0.15, -0.1) is 11.8 Å². The largest absolute Gasteiger partial charge is 0.493 e. The Morgan fingerprint density at radius 3 is 2.41 bits per heavy atom. The monoisotopic (exact) mass is 390 g/mol. The number of amides is 1. The highest BCUT2D eigenvalue weighted by Crippen LogP contribution is 2.37. The lowest BCUT2D eigenvalue weighted by Crippen LogP contribution is -2.16. The zero-order valence-electron chi connectivity index (χ0n) is 15.6. The molecule has 0 aromatic heterocycles. The number of anilines is 1. The Kier molecular flexibility index (Phi) is 7.81. The van der Waals surface area contributed by atoms with E-state index >= 15 is 0 Å². The fourth-order valence-electron chi connectivity index (χ4n) is 2.27. The number of carbonyl (C=O) groups excluding carboxylic acids is 1.